The molecule has 2 aliphatic carbocycles. The zero-order valence-electron chi connectivity index (χ0n) is 12.5. The molecule has 3 unspecified atom stereocenters. The number of sulfonamides is 1. The summed E-state index contributed by atoms with van der Waals surface area (Å²) in [5.74, 6) is 2.12. The van der Waals surface area contributed by atoms with E-state index in [1.54, 1.807) is 0 Å². The molecule has 0 amide bonds. The first-order valence-corrected chi connectivity index (χ1v) is 9.02. The van der Waals surface area contributed by atoms with Gasteiger partial charge in [0.15, 0.2) is 6.08 Å². The van der Waals surface area contributed by atoms with Gasteiger partial charge in [0.05, 0.1) is 0 Å². The van der Waals surface area contributed by atoms with E-state index < -0.39 is 21.6 Å². The number of ether oxygens (including phenoxy) is 1. The van der Waals surface area contributed by atoms with Crippen molar-refractivity contribution < 1.29 is 31.4 Å². The lowest BCUT2D eigenvalue weighted by Crippen LogP contribution is -2.28. The van der Waals surface area contributed by atoms with E-state index in [4.69, 9.17) is 0 Å². The van der Waals surface area contributed by atoms with Gasteiger partial charge in [-0.05, 0) is 50.0 Å². The molecule has 2 bridgehead atoms. The molecule has 0 heterocycles. The summed E-state index contributed by atoms with van der Waals surface area (Å²) < 4.78 is 63.7. The van der Waals surface area contributed by atoms with E-state index in [1.807, 2.05) is 0 Å². The van der Waals surface area contributed by atoms with Crippen LogP contribution in [0.3, 0.4) is 0 Å². The molecule has 9 heteroatoms. The Bertz CT molecular complexity index is 571. The normalized spacial score (nSPS) is 27.6. The molecule has 0 aromatic carbocycles. The molecule has 1 fully saturated rings. The van der Waals surface area contributed by atoms with Crippen molar-refractivity contribution in [2.45, 2.75) is 44.0 Å². The summed E-state index contributed by atoms with van der Waals surface area (Å²) in [4.78, 5) is 0. The Hall–Kier alpha value is -1.25. The summed E-state index contributed by atoms with van der Waals surface area (Å²) in [7, 11) is -5.82. The van der Waals surface area contributed by atoms with Crippen LogP contribution in [0, 0.1) is 17.8 Å². The minimum atomic E-state index is -5.82. The minimum absolute atomic E-state index is 0.133. The number of alkyl halides is 3. The monoisotopic (exact) mass is 354 g/mol. The summed E-state index contributed by atoms with van der Waals surface area (Å²) >= 11 is 0. The number of rotatable bonds is 7. The molecule has 1 saturated carbocycles. The summed E-state index contributed by atoms with van der Waals surface area (Å²) in [6.07, 6.45) is 8.61. The average molecular weight is 354 g/mol. The third-order valence-corrected chi connectivity index (χ3v) is 5.32. The molecular weight excluding hydrogens is 335 g/mol. The van der Waals surface area contributed by atoms with Gasteiger partial charge >= 0.3 is 15.5 Å². The highest BCUT2D eigenvalue weighted by Crippen LogP contribution is 2.45. The van der Waals surface area contributed by atoms with Crippen LogP contribution in [-0.4, -0.2) is 26.6 Å². The average Bonchev–Trinajstić information content (AvgIpc) is 3.03. The third kappa shape index (κ3) is 4.86. The lowest BCUT2D eigenvalue weighted by molar-refractivity contribution is -0.250. The van der Waals surface area contributed by atoms with Crippen LogP contribution in [0.2, 0.25) is 0 Å². The van der Waals surface area contributed by atoms with E-state index in [-0.39, 0.29) is 6.61 Å². The summed E-state index contributed by atoms with van der Waals surface area (Å²) in [5.41, 5.74) is -5.58. The highest BCUT2D eigenvalue weighted by Gasteiger charge is 2.46. The molecule has 5 nitrogen and oxygen atoms in total. The zero-order valence-corrected chi connectivity index (χ0v) is 13.3. The Kier molecular flexibility index (Phi) is 5.59. The molecule has 0 saturated heterocycles. The highest BCUT2D eigenvalue weighted by atomic mass is 32.2. The lowest BCUT2D eigenvalue weighted by Gasteiger charge is -2.18. The van der Waals surface area contributed by atoms with Crippen molar-refractivity contribution in [3.63, 3.8) is 0 Å². The molecule has 0 radical (unpaired) electrons. The molecule has 0 aliphatic heterocycles. The minimum Gasteiger partial charge on any atom is -0.600 e. The lowest BCUT2D eigenvalue weighted by atomic mass is 9.89. The molecular formula is C14H19F3NO4S-. The van der Waals surface area contributed by atoms with Crippen LogP contribution < -0.4 is 5.11 Å². The standard InChI is InChI=1S/C14H20F3NO4S/c15-14(16,17)23(20,21)18-13(19)22-7-3-1-2-4-11-8-10-5-6-12(11)9-10/h5-6,10-12H,1-4,7-9H2,(H,18,19)/p-1. The molecule has 0 aromatic heterocycles. The number of allylic oxidation sites excluding steroid dienone is 2. The Morgan fingerprint density at radius 1 is 1.22 bits per heavy atom. The van der Waals surface area contributed by atoms with E-state index in [0.29, 0.717) is 18.3 Å². The molecule has 0 aromatic rings. The first-order valence-electron chi connectivity index (χ1n) is 7.58. The fourth-order valence-corrected chi connectivity index (χ4v) is 3.60. The van der Waals surface area contributed by atoms with Gasteiger partial charge in [-0.25, -0.2) is 0 Å². The quantitative estimate of drug-likeness (QED) is 0.304. The van der Waals surface area contributed by atoms with Gasteiger partial charge < -0.3 is 9.84 Å². The van der Waals surface area contributed by atoms with Crippen molar-refractivity contribution in [3.05, 3.63) is 12.2 Å². The number of nitrogens with zero attached hydrogens (tertiary/aromatic N) is 1. The SMILES string of the molecule is O=S(=O)(N=C([O-])OCCCCCC1CC2C=CC1C2)C(F)(F)F. The van der Waals surface area contributed by atoms with Crippen molar-refractivity contribution in [1.82, 2.24) is 0 Å². The van der Waals surface area contributed by atoms with E-state index in [9.17, 15) is 26.7 Å². The predicted octanol–water partition coefficient (Wildman–Crippen LogP) is 2.34. The Balaban J connectivity index is 1.59. The summed E-state index contributed by atoms with van der Waals surface area (Å²) in [6.45, 7) is -0.133. The van der Waals surface area contributed by atoms with Gasteiger partial charge in [0.25, 0.3) is 0 Å². The predicted molar refractivity (Wildman–Crippen MR) is 75.7 cm³/mol. The van der Waals surface area contributed by atoms with Crippen molar-refractivity contribution in [3.8, 4) is 0 Å². The summed E-state index contributed by atoms with van der Waals surface area (Å²) in [5, 5.41) is 11.0. The van der Waals surface area contributed by atoms with Crippen LogP contribution >= 0.6 is 0 Å². The third-order valence-electron chi connectivity index (χ3n) is 4.35. The molecule has 132 valence electrons. The van der Waals surface area contributed by atoms with Crippen LogP contribution in [0.25, 0.3) is 0 Å². The number of unbranched alkanes of at least 4 members (excludes halogenated alkanes) is 2. The first-order chi connectivity index (χ1) is 10.7. The van der Waals surface area contributed by atoms with E-state index >= 15 is 0 Å². The smallest absolute Gasteiger partial charge is 0.518 e. The zero-order chi connectivity index (χ0) is 17.1. The van der Waals surface area contributed by atoms with Crippen molar-refractivity contribution in [1.29, 1.82) is 0 Å². The van der Waals surface area contributed by atoms with Crippen molar-refractivity contribution in [2.24, 2.45) is 22.2 Å². The Labute approximate surface area is 133 Å². The van der Waals surface area contributed by atoms with Gasteiger partial charge in [0.1, 0.15) is 0 Å². The van der Waals surface area contributed by atoms with Crippen LogP contribution in [0.4, 0.5) is 13.2 Å². The first kappa shape index (κ1) is 18.1. The van der Waals surface area contributed by atoms with Gasteiger partial charge in [-0.15, -0.1) is 4.40 Å². The molecule has 0 spiro atoms. The maximum atomic E-state index is 12.0. The van der Waals surface area contributed by atoms with Crippen LogP contribution in [-0.2, 0) is 14.8 Å². The Morgan fingerprint density at radius 2 is 1.96 bits per heavy atom. The second-order valence-corrected chi connectivity index (χ2v) is 7.61. The van der Waals surface area contributed by atoms with E-state index in [1.165, 1.54) is 12.8 Å². The molecule has 2 rings (SSSR count). The second kappa shape index (κ2) is 7.11. The molecule has 23 heavy (non-hydrogen) atoms. The van der Waals surface area contributed by atoms with Crippen LogP contribution in [0.5, 0.6) is 0 Å². The van der Waals surface area contributed by atoms with Gasteiger partial charge in [-0.2, -0.15) is 21.6 Å². The summed E-state index contributed by atoms with van der Waals surface area (Å²) in [6, 6.07) is 0. The van der Waals surface area contributed by atoms with Crippen LogP contribution in [0.1, 0.15) is 38.5 Å². The van der Waals surface area contributed by atoms with Crippen LogP contribution in [0.15, 0.2) is 16.5 Å². The highest BCUT2D eigenvalue weighted by molar-refractivity contribution is 7.91. The van der Waals surface area contributed by atoms with E-state index in [0.717, 1.165) is 25.2 Å². The second-order valence-electron chi connectivity index (χ2n) is 6.02. The van der Waals surface area contributed by atoms with Crippen molar-refractivity contribution in [2.75, 3.05) is 6.61 Å². The molecule has 0 N–H and O–H groups in total. The maximum absolute atomic E-state index is 12.0. The van der Waals surface area contributed by atoms with Gasteiger partial charge in [0, 0.05) is 0 Å². The van der Waals surface area contributed by atoms with Gasteiger partial charge in [-0.3, -0.25) is 0 Å². The number of fused-ring (bicyclic) bond motifs is 2. The number of hydrogen-bond acceptors (Lipinski definition) is 4. The number of hydrogen-bond donors (Lipinski definition) is 0. The topological polar surface area (TPSA) is 78.8 Å². The maximum Gasteiger partial charge on any atom is 0.518 e. The molecule has 2 aliphatic rings. The Morgan fingerprint density at radius 3 is 2.52 bits per heavy atom. The fraction of sp³-hybridized carbons (Fsp3) is 0.786. The van der Waals surface area contributed by atoms with Crippen molar-refractivity contribution >= 4 is 16.1 Å². The number of halogens is 3. The van der Waals surface area contributed by atoms with Gasteiger partial charge in [0.2, 0.25) is 0 Å². The fourth-order valence-electron chi connectivity index (χ4n) is 3.25. The van der Waals surface area contributed by atoms with E-state index in [2.05, 4.69) is 21.3 Å². The molecule has 3 atom stereocenters. The largest absolute Gasteiger partial charge is 0.600 e. The van der Waals surface area contributed by atoms with Gasteiger partial charge in [-0.1, -0.05) is 25.0 Å².